The lowest BCUT2D eigenvalue weighted by atomic mass is 13.4. The number of rotatable bonds is 0. The van der Waals surface area contributed by atoms with Gasteiger partial charge in [-0.1, -0.05) is 0 Å². The Kier molecular flexibility index (Phi) is 309. The summed E-state index contributed by atoms with van der Waals surface area (Å²) in [6, 6.07) is 0. The van der Waals surface area contributed by atoms with Gasteiger partial charge in [0.2, 0.25) is 0 Å². The SMILES string of the molecule is O=NO.OO. The van der Waals surface area contributed by atoms with Crippen LogP contribution >= 0.6 is 0 Å². The highest BCUT2D eigenvalue weighted by Crippen LogP contribution is 1.25. The Morgan fingerprint density at radius 2 is 1.40 bits per heavy atom. The van der Waals surface area contributed by atoms with Crippen molar-refractivity contribution < 1.29 is 15.7 Å². The predicted octanol–water partition coefficient (Wildman–Crippen LogP) is 0.159. The van der Waals surface area contributed by atoms with Crippen molar-refractivity contribution >= 4 is 0 Å². The first-order valence-electron chi connectivity index (χ1n) is 0.583. The number of hydrogen-bond donors (Lipinski definition) is 3. The van der Waals surface area contributed by atoms with Gasteiger partial charge in [-0.2, -0.15) is 0 Å². The van der Waals surface area contributed by atoms with Gasteiger partial charge in [-0.25, -0.2) is 0 Å². The molecule has 0 aliphatic rings. The van der Waals surface area contributed by atoms with Gasteiger partial charge in [0.05, 0.1) is 0 Å². The minimum absolute atomic E-state index is 1.25. The minimum atomic E-state index is 1.25. The van der Waals surface area contributed by atoms with E-state index in [2.05, 4.69) is 0 Å². The summed E-state index contributed by atoms with van der Waals surface area (Å²) in [6.07, 6.45) is 0. The molecule has 5 nitrogen and oxygen atoms in total. The van der Waals surface area contributed by atoms with Crippen molar-refractivity contribution in [3.05, 3.63) is 4.91 Å². The second-order valence-electron chi connectivity index (χ2n) is 0.0816. The molecule has 0 saturated heterocycles. The van der Waals surface area contributed by atoms with E-state index in [1.54, 1.807) is 0 Å². The molecule has 0 spiro atoms. The van der Waals surface area contributed by atoms with Crippen molar-refractivity contribution in [1.82, 2.24) is 0 Å². The van der Waals surface area contributed by atoms with Gasteiger partial charge in [0.25, 0.3) is 0 Å². The van der Waals surface area contributed by atoms with E-state index >= 15 is 0 Å². The molecule has 0 aliphatic carbocycles. The molecule has 0 saturated carbocycles. The van der Waals surface area contributed by atoms with Crippen molar-refractivity contribution in [1.29, 1.82) is 0 Å². The van der Waals surface area contributed by atoms with Gasteiger partial charge in [-0.15, -0.1) is 4.91 Å². The third kappa shape index (κ3) is 12.5. The van der Waals surface area contributed by atoms with Gasteiger partial charge < -0.3 is 5.21 Å². The van der Waals surface area contributed by atoms with Crippen LogP contribution in [-0.2, 0) is 0 Å². The van der Waals surface area contributed by atoms with Gasteiger partial charge in [0.1, 0.15) is 0 Å². The fourth-order valence-electron chi connectivity index (χ4n) is 0. The van der Waals surface area contributed by atoms with Gasteiger partial charge in [-0.05, 0) is 0 Å². The molecule has 0 amide bonds. The summed E-state index contributed by atoms with van der Waals surface area (Å²) in [5.41, 5.74) is 0. The molecule has 0 radical (unpaired) electrons. The number of hydrogen-bond acceptors (Lipinski definition) is 4. The first-order valence-corrected chi connectivity index (χ1v) is 0.583. The maximum atomic E-state index is 8.11. The van der Waals surface area contributed by atoms with Crippen LogP contribution in [0.5, 0.6) is 0 Å². The van der Waals surface area contributed by atoms with Crippen molar-refractivity contribution in [3.8, 4) is 0 Å². The van der Waals surface area contributed by atoms with Crippen LogP contribution in [0.3, 0.4) is 0 Å². The van der Waals surface area contributed by atoms with Gasteiger partial charge in [-0.3, -0.25) is 10.5 Å². The van der Waals surface area contributed by atoms with E-state index in [-0.39, 0.29) is 0 Å². The smallest absolute Gasteiger partial charge is 0.152 e. The summed E-state index contributed by atoms with van der Waals surface area (Å²) in [5.74, 6) is 0. The van der Waals surface area contributed by atoms with Crippen molar-refractivity contribution in [2.75, 3.05) is 0 Å². The minimum Gasteiger partial charge on any atom is -0.379 e. The van der Waals surface area contributed by atoms with E-state index in [9.17, 15) is 0 Å². The highest BCUT2D eigenvalue weighted by atomic mass is 17.0. The van der Waals surface area contributed by atoms with E-state index < -0.39 is 0 Å². The molecule has 0 aromatic rings. The van der Waals surface area contributed by atoms with Crippen LogP contribution in [0.25, 0.3) is 0 Å². The molecule has 0 fully saturated rings. The van der Waals surface area contributed by atoms with Gasteiger partial charge in [0.15, 0.2) is 5.34 Å². The lowest BCUT2D eigenvalue weighted by Gasteiger charge is -1.32. The van der Waals surface area contributed by atoms with Crippen LogP contribution in [0, 0.1) is 4.91 Å². The molecule has 0 aromatic heterocycles. The Hall–Kier alpha value is -0.680. The molecule has 3 N–H and O–H groups in total. The van der Waals surface area contributed by atoms with Crippen LogP contribution < -0.4 is 0 Å². The monoisotopic (exact) mass is 81.0 g/mol. The zero-order chi connectivity index (χ0) is 4.71. The molecule has 0 aromatic carbocycles. The Morgan fingerprint density at radius 1 is 1.40 bits per heavy atom. The van der Waals surface area contributed by atoms with Crippen molar-refractivity contribution in [2.45, 2.75) is 0 Å². The molecule has 5 heteroatoms. The normalized spacial score (nSPS) is 3.60. The molecule has 0 rings (SSSR count). The molecule has 32 valence electrons. The fraction of sp³-hybridized carbons (Fsp3) is 0. The number of nitrogens with zero attached hydrogens (tertiary/aromatic N) is 1. The quantitative estimate of drug-likeness (QED) is 0.220. The first kappa shape index (κ1) is 8.85. The Labute approximate surface area is 27.3 Å². The molecule has 0 atom stereocenters. The average Bonchev–Trinajstić information content (AvgIpc) is 1.46. The molecule has 0 bridgehead atoms. The molecular weight excluding hydrogens is 78.0 g/mol. The molecule has 0 heterocycles. The Bertz CT molecular complexity index is 11.1. The second-order valence-corrected chi connectivity index (χ2v) is 0.0816. The summed E-state index contributed by atoms with van der Waals surface area (Å²) in [4.78, 5) is 8.11. The van der Waals surface area contributed by atoms with E-state index in [0.717, 1.165) is 0 Å². The van der Waals surface area contributed by atoms with Gasteiger partial charge in [0, 0.05) is 0 Å². The Morgan fingerprint density at radius 3 is 1.40 bits per heavy atom. The third-order valence-corrected chi connectivity index (χ3v) is 0. The second kappa shape index (κ2) is 175. The van der Waals surface area contributed by atoms with Gasteiger partial charge >= 0.3 is 0 Å². The lowest BCUT2D eigenvalue weighted by molar-refractivity contribution is -0.176. The molecule has 5 heavy (non-hydrogen) atoms. The summed E-state index contributed by atoms with van der Waals surface area (Å²) in [5, 5.41) is 19.9. The van der Waals surface area contributed by atoms with Crippen molar-refractivity contribution in [2.24, 2.45) is 5.34 Å². The van der Waals surface area contributed by atoms with E-state index in [0.29, 0.717) is 0 Å². The highest BCUT2D eigenvalue weighted by molar-refractivity contribution is 3.83. The zero-order valence-corrected chi connectivity index (χ0v) is 2.20. The van der Waals surface area contributed by atoms with E-state index in [1.165, 1.54) is 5.34 Å². The summed E-state index contributed by atoms with van der Waals surface area (Å²) < 4.78 is 0. The van der Waals surface area contributed by atoms with Crippen LogP contribution in [0.1, 0.15) is 0 Å². The predicted molar refractivity (Wildman–Crippen MR) is 12.8 cm³/mol. The summed E-state index contributed by atoms with van der Waals surface area (Å²) >= 11 is 0. The topological polar surface area (TPSA) is 90.1 Å². The first-order chi connectivity index (χ1) is 2.41. The average molecular weight is 81.0 g/mol. The maximum Gasteiger partial charge on any atom is 0.152 e. The summed E-state index contributed by atoms with van der Waals surface area (Å²) in [6.45, 7) is 0. The Balaban J connectivity index is 0. The van der Waals surface area contributed by atoms with Crippen molar-refractivity contribution in [3.63, 3.8) is 0 Å². The van der Waals surface area contributed by atoms with Crippen LogP contribution in [0.4, 0.5) is 0 Å². The van der Waals surface area contributed by atoms with E-state index in [4.69, 9.17) is 20.6 Å². The van der Waals surface area contributed by atoms with Crippen LogP contribution in [0.15, 0.2) is 5.34 Å². The van der Waals surface area contributed by atoms with E-state index in [1.807, 2.05) is 0 Å². The zero-order valence-electron chi connectivity index (χ0n) is 2.20. The van der Waals surface area contributed by atoms with Crippen LogP contribution in [0.2, 0.25) is 0 Å². The van der Waals surface area contributed by atoms with Crippen LogP contribution in [-0.4, -0.2) is 15.7 Å². The summed E-state index contributed by atoms with van der Waals surface area (Å²) in [7, 11) is 0. The fourth-order valence-corrected chi connectivity index (χ4v) is 0. The molecule has 0 unspecified atom stereocenters. The highest BCUT2D eigenvalue weighted by Gasteiger charge is 1.18. The third-order valence-electron chi connectivity index (χ3n) is 0. The standard InChI is InChI=1S/HNO2.H2O2/c2-1-3;1-2/h(H,2,3);1-2H. The largest absolute Gasteiger partial charge is 0.379 e. The maximum absolute atomic E-state index is 8.11. The molecule has 0 aliphatic heterocycles. The molecular formula is H3NO4. The lowest BCUT2D eigenvalue weighted by Crippen LogP contribution is -1.29.